The molecule has 1 atom stereocenters. The number of Topliss-reactive ketones (excluding diaryl/α,β-unsaturated/α-hetero) is 1. The maximum absolute atomic E-state index is 11.8. The van der Waals surface area contributed by atoms with E-state index in [9.17, 15) is 9.90 Å². The summed E-state index contributed by atoms with van der Waals surface area (Å²) in [4.78, 5) is 14.5. The summed E-state index contributed by atoms with van der Waals surface area (Å²) in [7, 11) is 0. The van der Waals surface area contributed by atoms with E-state index in [2.05, 4.69) is 4.98 Å². The number of aliphatic hydroxyl groups excluding tert-OH is 1. The van der Waals surface area contributed by atoms with Gasteiger partial charge in [0.05, 0.1) is 11.8 Å². The van der Waals surface area contributed by atoms with Gasteiger partial charge in [0.2, 0.25) is 5.78 Å². The van der Waals surface area contributed by atoms with Crippen LogP contribution in [-0.4, -0.2) is 19.7 Å². The summed E-state index contributed by atoms with van der Waals surface area (Å²) in [6, 6.07) is 8.66. The fourth-order valence-corrected chi connectivity index (χ4v) is 2.41. The highest BCUT2D eigenvalue weighted by molar-refractivity contribution is 6.77. The van der Waals surface area contributed by atoms with Crippen molar-refractivity contribution in [2.24, 2.45) is 0 Å². The summed E-state index contributed by atoms with van der Waals surface area (Å²) in [6.45, 7) is 0. The van der Waals surface area contributed by atoms with Crippen LogP contribution in [0.15, 0.2) is 36.5 Å². The monoisotopic (exact) mass is 365 g/mol. The van der Waals surface area contributed by atoms with Crippen LogP contribution in [0.2, 0.25) is 5.02 Å². The second-order valence-corrected chi connectivity index (χ2v) is 7.24. The van der Waals surface area contributed by atoms with Crippen LogP contribution in [0.3, 0.4) is 0 Å². The summed E-state index contributed by atoms with van der Waals surface area (Å²) in [5.74, 6) is -0.672. The van der Waals surface area contributed by atoms with Gasteiger partial charge in [0, 0.05) is 17.6 Å². The van der Waals surface area contributed by atoms with Crippen LogP contribution in [0.5, 0.6) is 0 Å². The zero-order valence-electron chi connectivity index (χ0n) is 10.6. The largest absolute Gasteiger partial charge is 0.388 e. The van der Waals surface area contributed by atoms with E-state index in [0.29, 0.717) is 17.0 Å². The van der Waals surface area contributed by atoms with E-state index in [-0.39, 0.29) is 5.69 Å². The zero-order chi connectivity index (χ0) is 15.6. The van der Waals surface area contributed by atoms with Crippen molar-refractivity contribution in [2.75, 3.05) is 0 Å². The Hall–Kier alpha value is -0.710. The summed E-state index contributed by atoms with van der Waals surface area (Å²) < 4.78 is -2.03. The minimum atomic E-state index is -2.03. The Kier molecular flexibility index (Phi) is 5.23. The van der Waals surface area contributed by atoms with Crippen molar-refractivity contribution >= 4 is 52.2 Å². The molecule has 1 heterocycles. The number of carbonyl (C=O) groups is 1. The molecule has 0 amide bonds. The number of alkyl halides is 3. The van der Waals surface area contributed by atoms with Gasteiger partial charge in [-0.15, -0.1) is 0 Å². The predicted octanol–water partition coefficient (Wildman–Crippen LogP) is 4.50. The van der Waals surface area contributed by atoms with Gasteiger partial charge in [-0.3, -0.25) is 4.79 Å². The van der Waals surface area contributed by atoms with Crippen LogP contribution in [-0.2, 0) is 6.42 Å². The van der Waals surface area contributed by atoms with Gasteiger partial charge in [-0.05, 0) is 29.3 Å². The molecule has 0 radical (unpaired) electrons. The number of halogens is 4. The standard InChI is InChI=1S/C14H11Cl4NO2/c15-10-3-1-2-8(4-10)5-12(20)9-6-11(19-7-9)13(21)14(16,17)18/h1-4,6-7,12,19-20H,5H2. The highest BCUT2D eigenvalue weighted by Gasteiger charge is 2.32. The first-order chi connectivity index (χ1) is 9.77. The third-order valence-corrected chi connectivity index (χ3v) is 3.66. The van der Waals surface area contributed by atoms with E-state index in [1.54, 1.807) is 18.2 Å². The van der Waals surface area contributed by atoms with Crippen LogP contribution in [0, 0.1) is 0 Å². The number of benzene rings is 1. The lowest BCUT2D eigenvalue weighted by molar-refractivity contribution is 0.0992. The molecule has 2 N–H and O–H groups in total. The van der Waals surface area contributed by atoms with Crippen LogP contribution < -0.4 is 0 Å². The number of H-pyrrole nitrogens is 1. The number of carbonyl (C=O) groups excluding carboxylic acids is 1. The first-order valence-corrected chi connectivity index (χ1v) is 7.51. The third-order valence-electron chi connectivity index (χ3n) is 2.91. The van der Waals surface area contributed by atoms with Gasteiger partial charge in [0.1, 0.15) is 0 Å². The highest BCUT2D eigenvalue weighted by Crippen LogP contribution is 2.31. The van der Waals surface area contributed by atoms with E-state index in [1.165, 1.54) is 12.3 Å². The molecule has 0 bridgehead atoms. The fraction of sp³-hybridized carbons (Fsp3) is 0.214. The summed E-state index contributed by atoms with van der Waals surface area (Å²) in [5, 5.41) is 10.8. The van der Waals surface area contributed by atoms with Crippen molar-refractivity contribution in [3.05, 3.63) is 58.4 Å². The van der Waals surface area contributed by atoms with E-state index in [1.807, 2.05) is 6.07 Å². The molecule has 0 spiro atoms. The van der Waals surface area contributed by atoms with Gasteiger partial charge in [-0.1, -0.05) is 58.5 Å². The van der Waals surface area contributed by atoms with Crippen molar-refractivity contribution in [1.82, 2.24) is 4.98 Å². The van der Waals surface area contributed by atoms with Gasteiger partial charge in [0.25, 0.3) is 3.79 Å². The second-order valence-electron chi connectivity index (χ2n) is 4.52. The Labute approximate surface area is 141 Å². The molecule has 112 valence electrons. The molecule has 7 heteroatoms. The van der Waals surface area contributed by atoms with Crippen molar-refractivity contribution in [1.29, 1.82) is 0 Å². The number of aromatic nitrogens is 1. The van der Waals surface area contributed by atoms with Crippen molar-refractivity contribution in [3.63, 3.8) is 0 Å². The number of aliphatic hydroxyl groups is 1. The number of ketones is 1. The number of rotatable bonds is 4. The minimum absolute atomic E-state index is 0.134. The van der Waals surface area contributed by atoms with E-state index in [4.69, 9.17) is 46.4 Å². The number of aromatic amines is 1. The maximum Gasteiger partial charge on any atom is 0.254 e. The van der Waals surface area contributed by atoms with Gasteiger partial charge < -0.3 is 10.1 Å². The van der Waals surface area contributed by atoms with Gasteiger partial charge >= 0.3 is 0 Å². The lowest BCUT2D eigenvalue weighted by Crippen LogP contribution is -2.19. The first-order valence-electron chi connectivity index (χ1n) is 5.99. The van der Waals surface area contributed by atoms with E-state index < -0.39 is 15.7 Å². The first kappa shape index (κ1) is 16.7. The molecule has 0 saturated heterocycles. The zero-order valence-corrected chi connectivity index (χ0v) is 13.6. The molecule has 21 heavy (non-hydrogen) atoms. The molecule has 1 aromatic heterocycles. The normalized spacial score (nSPS) is 13.2. The van der Waals surface area contributed by atoms with Gasteiger partial charge in [-0.2, -0.15) is 0 Å². The maximum atomic E-state index is 11.8. The average Bonchev–Trinajstić information content (AvgIpc) is 2.86. The quantitative estimate of drug-likeness (QED) is 0.618. The molecule has 0 aliphatic heterocycles. The van der Waals surface area contributed by atoms with Crippen LogP contribution >= 0.6 is 46.4 Å². The molecule has 0 saturated carbocycles. The lowest BCUT2D eigenvalue weighted by Gasteiger charge is -2.09. The Morgan fingerprint density at radius 3 is 2.62 bits per heavy atom. The van der Waals surface area contributed by atoms with Crippen LogP contribution in [0.1, 0.15) is 27.7 Å². The number of hydrogen-bond donors (Lipinski definition) is 2. The lowest BCUT2D eigenvalue weighted by atomic mass is 10.0. The molecular formula is C14H11Cl4NO2. The molecule has 0 aliphatic rings. The molecule has 1 aromatic carbocycles. The third kappa shape index (κ3) is 4.38. The van der Waals surface area contributed by atoms with Crippen molar-refractivity contribution in [2.45, 2.75) is 16.3 Å². The second kappa shape index (κ2) is 6.59. The minimum Gasteiger partial charge on any atom is -0.388 e. The predicted molar refractivity (Wildman–Crippen MR) is 85.5 cm³/mol. The van der Waals surface area contributed by atoms with Crippen molar-refractivity contribution < 1.29 is 9.90 Å². The molecule has 1 unspecified atom stereocenters. The SMILES string of the molecule is O=C(c1cc(C(O)Cc2cccc(Cl)c2)c[nH]1)C(Cl)(Cl)Cl. The highest BCUT2D eigenvalue weighted by atomic mass is 35.6. The Bertz CT molecular complexity index is 648. The van der Waals surface area contributed by atoms with Crippen molar-refractivity contribution in [3.8, 4) is 0 Å². The average molecular weight is 367 g/mol. The van der Waals surface area contributed by atoms with Gasteiger partial charge in [-0.25, -0.2) is 0 Å². The Balaban J connectivity index is 2.12. The Morgan fingerprint density at radius 2 is 2.00 bits per heavy atom. The van der Waals surface area contributed by atoms with Gasteiger partial charge in [0.15, 0.2) is 0 Å². The molecule has 0 fully saturated rings. The Morgan fingerprint density at radius 1 is 1.29 bits per heavy atom. The summed E-state index contributed by atoms with van der Waals surface area (Å²) >= 11 is 22.5. The molecule has 0 aliphatic carbocycles. The van der Waals surface area contributed by atoms with E-state index >= 15 is 0 Å². The van der Waals surface area contributed by atoms with E-state index in [0.717, 1.165) is 5.56 Å². The number of hydrogen-bond acceptors (Lipinski definition) is 2. The molecular weight excluding hydrogens is 356 g/mol. The summed E-state index contributed by atoms with van der Waals surface area (Å²) in [5.41, 5.74) is 1.55. The fourth-order valence-electron chi connectivity index (χ4n) is 1.89. The molecule has 2 aromatic rings. The smallest absolute Gasteiger partial charge is 0.254 e. The molecule has 3 nitrogen and oxygen atoms in total. The topological polar surface area (TPSA) is 53.1 Å². The molecule has 2 rings (SSSR count). The van der Waals surface area contributed by atoms with Crippen LogP contribution in [0.25, 0.3) is 0 Å². The van der Waals surface area contributed by atoms with Crippen LogP contribution in [0.4, 0.5) is 0 Å². The summed E-state index contributed by atoms with van der Waals surface area (Å²) in [6.07, 6.45) is 1.08. The number of nitrogens with one attached hydrogen (secondary N) is 1.